The molecule has 0 aliphatic carbocycles. The van der Waals surface area contributed by atoms with Gasteiger partial charge in [-0.3, -0.25) is 0 Å². The molecule has 2 heterocycles. The second kappa shape index (κ2) is 4.62. The van der Waals surface area contributed by atoms with E-state index >= 15 is 0 Å². The molecule has 2 aromatic heterocycles. The molecule has 0 saturated heterocycles. The number of hydrogen-bond acceptors (Lipinski definition) is 7. The number of aryl methyl sites for hydroxylation is 2. The van der Waals surface area contributed by atoms with Crippen molar-refractivity contribution in [2.45, 2.75) is 20.8 Å². The molecule has 0 aliphatic rings. The van der Waals surface area contributed by atoms with E-state index in [9.17, 15) is 4.79 Å². The van der Waals surface area contributed by atoms with Crippen molar-refractivity contribution in [1.29, 1.82) is 0 Å². The van der Waals surface area contributed by atoms with E-state index in [-0.39, 0.29) is 12.4 Å². The highest BCUT2D eigenvalue weighted by Gasteiger charge is 2.19. The molecule has 0 spiro atoms. The molecular weight excluding hydrogens is 242 g/mol. The highest BCUT2D eigenvalue weighted by atomic mass is 32.1. The van der Waals surface area contributed by atoms with Crippen LogP contribution in [0.15, 0.2) is 4.52 Å². The number of esters is 1. The van der Waals surface area contributed by atoms with Crippen molar-refractivity contribution in [3.63, 3.8) is 0 Å². The number of nitrogens with zero attached hydrogens (tertiary/aromatic N) is 3. The fraction of sp³-hybridized carbons (Fsp3) is 0.400. The second-order valence-corrected chi connectivity index (χ2v) is 4.49. The summed E-state index contributed by atoms with van der Waals surface area (Å²) in [6.07, 6.45) is 0. The van der Waals surface area contributed by atoms with E-state index in [0.29, 0.717) is 5.89 Å². The second-order valence-electron chi connectivity index (χ2n) is 3.29. The number of ether oxygens (including phenoxy) is 1. The minimum Gasteiger partial charge on any atom is -0.460 e. The number of carbonyl (C=O) groups is 1. The first-order chi connectivity index (χ1) is 8.11. The van der Waals surface area contributed by atoms with Gasteiger partial charge < -0.3 is 9.26 Å². The molecule has 2 rings (SSSR count). The van der Waals surface area contributed by atoms with Crippen molar-refractivity contribution < 1.29 is 14.1 Å². The van der Waals surface area contributed by atoms with Crippen molar-refractivity contribution in [1.82, 2.24) is 15.1 Å². The molecule has 0 bridgehead atoms. The lowest BCUT2D eigenvalue weighted by Gasteiger charge is -1.93. The van der Waals surface area contributed by atoms with E-state index in [0.717, 1.165) is 15.6 Å². The van der Waals surface area contributed by atoms with Crippen LogP contribution in [-0.2, 0) is 4.74 Å². The zero-order valence-corrected chi connectivity index (χ0v) is 10.5. The lowest BCUT2D eigenvalue weighted by Crippen LogP contribution is -2.06. The van der Waals surface area contributed by atoms with E-state index in [1.165, 1.54) is 11.3 Å². The highest BCUT2D eigenvalue weighted by Crippen LogP contribution is 2.28. The third-order valence-electron chi connectivity index (χ3n) is 1.98. The Balaban J connectivity index is 2.30. The lowest BCUT2D eigenvalue weighted by atomic mass is 10.4. The summed E-state index contributed by atoms with van der Waals surface area (Å²) in [4.78, 5) is 20.4. The molecule has 17 heavy (non-hydrogen) atoms. The van der Waals surface area contributed by atoms with Gasteiger partial charge in [0.2, 0.25) is 0 Å². The topological polar surface area (TPSA) is 78.1 Å². The Bertz CT molecular complexity index is 547. The maximum absolute atomic E-state index is 11.4. The van der Waals surface area contributed by atoms with Gasteiger partial charge in [0.05, 0.1) is 17.3 Å². The Morgan fingerprint density at radius 1 is 1.41 bits per heavy atom. The number of thiazole rings is 1. The van der Waals surface area contributed by atoms with E-state index in [1.54, 1.807) is 6.92 Å². The van der Waals surface area contributed by atoms with E-state index < -0.39 is 5.97 Å². The van der Waals surface area contributed by atoms with Gasteiger partial charge in [0.1, 0.15) is 4.88 Å². The molecule has 90 valence electrons. The predicted molar refractivity (Wildman–Crippen MR) is 60.8 cm³/mol. The fourth-order valence-electron chi connectivity index (χ4n) is 1.32. The molecule has 0 atom stereocenters. The molecule has 0 unspecified atom stereocenters. The number of aromatic nitrogens is 3. The van der Waals surface area contributed by atoms with Crippen LogP contribution in [-0.4, -0.2) is 27.7 Å². The molecule has 0 saturated carbocycles. The maximum atomic E-state index is 11.4. The lowest BCUT2D eigenvalue weighted by molar-refractivity contribution is 0.0508. The van der Waals surface area contributed by atoms with Crippen LogP contribution in [0.5, 0.6) is 0 Å². The molecule has 7 heteroatoms. The maximum Gasteiger partial charge on any atom is 0.379 e. The van der Waals surface area contributed by atoms with Gasteiger partial charge in [0.15, 0.2) is 0 Å². The van der Waals surface area contributed by atoms with Gasteiger partial charge in [-0.2, -0.15) is 4.98 Å². The normalized spacial score (nSPS) is 10.5. The van der Waals surface area contributed by atoms with Crippen LogP contribution < -0.4 is 0 Å². The quantitative estimate of drug-likeness (QED) is 0.778. The van der Waals surface area contributed by atoms with Gasteiger partial charge in [-0.15, -0.1) is 11.3 Å². The largest absolute Gasteiger partial charge is 0.460 e. The van der Waals surface area contributed by atoms with Gasteiger partial charge >= 0.3 is 5.97 Å². The molecule has 0 aromatic carbocycles. The van der Waals surface area contributed by atoms with Crippen LogP contribution in [0.1, 0.15) is 28.2 Å². The Hall–Kier alpha value is -1.76. The molecule has 0 fully saturated rings. The van der Waals surface area contributed by atoms with Crippen LogP contribution in [0.4, 0.5) is 0 Å². The Morgan fingerprint density at radius 3 is 2.76 bits per heavy atom. The van der Waals surface area contributed by atoms with Crippen LogP contribution >= 0.6 is 11.3 Å². The third kappa shape index (κ3) is 2.33. The summed E-state index contributed by atoms with van der Waals surface area (Å²) in [6, 6.07) is 0. The van der Waals surface area contributed by atoms with Gasteiger partial charge in [0.25, 0.3) is 11.7 Å². The van der Waals surface area contributed by atoms with Crippen molar-refractivity contribution in [2.75, 3.05) is 6.61 Å². The summed E-state index contributed by atoms with van der Waals surface area (Å²) in [5.74, 6) is -0.343. The fourth-order valence-corrected chi connectivity index (χ4v) is 2.17. The zero-order valence-electron chi connectivity index (χ0n) is 9.68. The molecule has 0 aliphatic heterocycles. The molecule has 0 N–H and O–H groups in total. The highest BCUT2D eigenvalue weighted by molar-refractivity contribution is 7.15. The van der Waals surface area contributed by atoms with Crippen molar-refractivity contribution in [3.05, 3.63) is 16.5 Å². The Morgan fingerprint density at radius 2 is 2.18 bits per heavy atom. The summed E-state index contributed by atoms with van der Waals surface area (Å²) < 4.78 is 9.80. The van der Waals surface area contributed by atoms with Crippen LogP contribution in [0.3, 0.4) is 0 Å². The summed E-state index contributed by atoms with van der Waals surface area (Å²) in [5.41, 5.74) is 0.812. The number of rotatable bonds is 3. The van der Waals surface area contributed by atoms with Gasteiger partial charge in [-0.1, -0.05) is 0 Å². The molecule has 0 amide bonds. The van der Waals surface area contributed by atoms with E-state index in [4.69, 9.17) is 9.26 Å². The van der Waals surface area contributed by atoms with Crippen LogP contribution in [0.2, 0.25) is 0 Å². The van der Waals surface area contributed by atoms with Gasteiger partial charge in [-0.05, 0) is 25.9 Å². The summed E-state index contributed by atoms with van der Waals surface area (Å²) in [5, 5.41) is 4.49. The average Bonchev–Trinajstić information content (AvgIpc) is 2.85. The van der Waals surface area contributed by atoms with Crippen LogP contribution in [0.25, 0.3) is 10.8 Å². The van der Waals surface area contributed by atoms with Crippen LogP contribution in [0, 0.1) is 13.8 Å². The van der Waals surface area contributed by atoms with Gasteiger partial charge in [-0.25, -0.2) is 9.78 Å². The van der Waals surface area contributed by atoms with Crippen molar-refractivity contribution >= 4 is 17.3 Å². The third-order valence-corrected chi connectivity index (χ3v) is 3.04. The van der Waals surface area contributed by atoms with E-state index in [2.05, 4.69) is 15.1 Å². The molecule has 2 aromatic rings. The standard InChI is InChI=1S/C10H11N3O3S/c1-4-15-10(14)8-12-9(16-13-8)7-5(2)11-6(3)17-7/h4H2,1-3H3. The minimum atomic E-state index is -0.582. The molecular formula is C10H11N3O3S. The molecule has 6 nitrogen and oxygen atoms in total. The number of carbonyl (C=O) groups excluding carboxylic acids is 1. The van der Waals surface area contributed by atoms with Crippen molar-refractivity contribution in [3.8, 4) is 10.8 Å². The molecule has 0 radical (unpaired) electrons. The summed E-state index contributed by atoms with van der Waals surface area (Å²) in [6.45, 7) is 5.74. The predicted octanol–water partition coefficient (Wildman–Crippen LogP) is 1.99. The average molecular weight is 253 g/mol. The minimum absolute atomic E-state index is 0.0627. The van der Waals surface area contributed by atoms with Crippen molar-refractivity contribution in [2.24, 2.45) is 0 Å². The Labute approximate surface area is 102 Å². The SMILES string of the molecule is CCOC(=O)c1noc(-c2sc(C)nc2C)n1. The number of hydrogen-bond donors (Lipinski definition) is 0. The van der Waals surface area contributed by atoms with Gasteiger partial charge in [0, 0.05) is 0 Å². The first-order valence-electron chi connectivity index (χ1n) is 5.07. The smallest absolute Gasteiger partial charge is 0.379 e. The van der Waals surface area contributed by atoms with E-state index in [1.807, 2.05) is 13.8 Å². The Kier molecular flexibility index (Phi) is 3.19. The first-order valence-corrected chi connectivity index (χ1v) is 5.88. The monoisotopic (exact) mass is 253 g/mol. The first kappa shape index (κ1) is 11.7. The summed E-state index contributed by atoms with van der Waals surface area (Å²) >= 11 is 1.45. The zero-order chi connectivity index (χ0) is 12.4. The summed E-state index contributed by atoms with van der Waals surface area (Å²) in [7, 11) is 0.